The molecule has 0 saturated carbocycles. The summed E-state index contributed by atoms with van der Waals surface area (Å²) in [5.41, 5.74) is 0.144. The largest absolute Gasteiger partial charge is 0.449 e. The molecule has 0 heterocycles. The highest BCUT2D eigenvalue weighted by molar-refractivity contribution is 6.31. The first-order valence-electron chi connectivity index (χ1n) is 6.27. The molecule has 0 aliphatic rings. The smallest absolute Gasteiger partial charge is 0.311 e. The van der Waals surface area contributed by atoms with Crippen LogP contribution in [-0.2, 0) is 0 Å². The van der Waals surface area contributed by atoms with Crippen LogP contribution in [0.1, 0.15) is 23.7 Å². The lowest BCUT2D eigenvalue weighted by molar-refractivity contribution is -0.385. The Balaban J connectivity index is 2.45. The van der Waals surface area contributed by atoms with Crippen molar-refractivity contribution in [2.75, 3.05) is 0 Å². The molecular weight excluding hydrogens is 294 g/mol. The summed E-state index contributed by atoms with van der Waals surface area (Å²) < 4.78 is 5.56. The van der Waals surface area contributed by atoms with E-state index in [1.165, 1.54) is 24.3 Å². The van der Waals surface area contributed by atoms with Crippen molar-refractivity contribution in [3.05, 3.63) is 63.2 Å². The molecule has 0 N–H and O–H groups in total. The molecule has 0 atom stereocenters. The number of rotatable bonds is 5. The van der Waals surface area contributed by atoms with E-state index in [1.54, 1.807) is 25.1 Å². The number of benzene rings is 2. The van der Waals surface area contributed by atoms with Crippen molar-refractivity contribution < 1.29 is 14.5 Å². The van der Waals surface area contributed by atoms with Crippen LogP contribution < -0.4 is 4.74 Å². The quantitative estimate of drug-likeness (QED) is 0.458. The lowest BCUT2D eigenvalue weighted by atomic mass is 10.1. The molecule has 5 nitrogen and oxygen atoms in total. The summed E-state index contributed by atoms with van der Waals surface area (Å²) in [5, 5.41) is 11.4. The van der Waals surface area contributed by atoms with Gasteiger partial charge < -0.3 is 4.74 Å². The van der Waals surface area contributed by atoms with E-state index in [1.807, 2.05) is 0 Å². The van der Waals surface area contributed by atoms with Gasteiger partial charge in [0.1, 0.15) is 5.75 Å². The zero-order valence-electron chi connectivity index (χ0n) is 11.2. The van der Waals surface area contributed by atoms with Crippen LogP contribution in [0, 0.1) is 10.1 Å². The second-order valence-corrected chi connectivity index (χ2v) is 4.68. The molecule has 0 fully saturated rings. The molecule has 108 valence electrons. The van der Waals surface area contributed by atoms with E-state index in [0.29, 0.717) is 10.6 Å². The summed E-state index contributed by atoms with van der Waals surface area (Å²) in [6.45, 7) is 1.72. The summed E-state index contributed by atoms with van der Waals surface area (Å²) in [6.07, 6.45) is 0.285. The Morgan fingerprint density at radius 1 is 1.24 bits per heavy atom. The van der Waals surface area contributed by atoms with Crippen molar-refractivity contribution in [3.63, 3.8) is 0 Å². The monoisotopic (exact) mass is 305 g/mol. The predicted octanol–water partition coefficient (Wildman–Crippen LogP) is 4.63. The Labute approximate surface area is 126 Å². The van der Waals surface area contributed by atoms with Crippen molar-refractivity contribution in [1.82, 2.24) is 0 Å². The van der Waals surface area contributed by atoms with E-state index in [9.17, 15) is 14.9 Å². The number of halogens is 1. The molecule has 2 aromatic carbocycles. The Kier molecular flexibility index (Phi) is 4.55. The van der Waals surface area contributed by atoms with E-state index >= 15 is 0 Å². The number of carbonyl (C=O) groups excluding carboxylic acids is 1. The van der Waals surface area contributed by atoms with Crippen LogP contribution in [0.15, 0.2) is 42.5 Å². The maximum atomic E-state index is 11.9. The maximum Gasteiger partial charge on any atom is 0.311 e. The molecule has 2 rings (SSSR count). The van der Waals surface area contributed by atoms with Crippen molar-refractivity contribution in [3.8, 4) is 11.5 Å². The van der Waals surface area contributed by atoms with Crippen LogP contribution in [0.2, 0.25) is 5.02 Å². The van der Waals surface area contributed by atoms with Crippen molar-refractivity contribution in [2.45, 2.75) is 13.3 Å². The minimum Gasteiger partial charge on any atom is -0.449 e. The summed E-state index contributed by atoms with van der Waals surface area (Å²) in [7, 11) is 0. The summed E-state index contributed by atoms with van der Waals surface area (Å²) in [5.74, 6) is 0.182. The molecule has 21 heavy (non-hydrogen) atoms. The highest BCUT2D eigenvalue weighted by Crippen LogP contribution is 2.34. The van der Waals surface area contributed by atoms with Gasteiger partial charge in [0.15, 0.2) is 5.78 Å². The summed E-state index contributed by atoms with van der Waals surface area (Å²) >= 11 is 5.89. The van der Waals surface area contributed by atoms with Gasteiger partial charge in [-0.05, 0) is 24.3 Å². The first-order chi connectivity index (χ1) is 10.0. The normalized spacial score (nSPS) is 10.2. The standard InChI is InChI=1S/C15H12ClNO4/c1-2-13(18)11-9-10(16)7-8-14(11)21-15-6-4-3-5-12(15)17(19)20/h3-9H,2H2,1H3. The Morgan fingerprint density at radius 2 is 1.95 bits per heavy atom. The van der Waals surface area contributed by atoms with Gasteiger partial charge in [0.25, 0.3) is 0 Å². The fraction of sp³-hybridized carbons (Fsp3) is 0.133. The van der Waals surface area contributed by atoms with Gasteiger partial charge >= 0.3 is 5.69 Å². The Bertz CT molecular complexity index is 700. The Morgan fingerprint density at radius 3 is 2.62 bits per heavy atom. The number of para-hydroxylation sites is 2. The molecule has 0 aliphatic heterocycles. The highest BCUT2D eigenvalue weighted by atomic mass is 35.5. The minimum absolute atomic E-state index is 0.0787. The molecular formula is C15H12ClNO4. The van der Waals surface area contributed by atoms with Gasteiger partial charge in [0.2, 0.25) is 5.75 Å². The number of nitrogens with zero attached hydrogens (tertiary/aromatic N) is 1. The van der Waals surface area contributed by atoms with E-state index in [4.69, 9.17) is 16.3 Å². The van der Waals surface area contributed by atoms with Crippen molar-refractivity contribution >= 4 is 23.1 Å². The van der Waals surface area contributed by atoms with Gasteiger partial charge in [-0.15, -0.1) is 0 Å². The average Bonchev–Trinajstić information content (AvgIpc) is 2.48. The summed E-state index contributed by atoms with van der Waals surface area (Å²) in [4.78, 5) is 22.4. The molecule has 6 heteroatoms. The van der Waals surface area contributed by atoms with E-state index < -0.39 is 4.92 Å². The number of ether oxygens (including phenoxy) is 1. The number of Topliss-reactive ketones (excluding diaryl/α,β-unsaturated/α-hetero) is 1. The van der Waals surface area contributed by atoms with Gasteiger partial charge in [0, 0.05) is 17.5 Å². The molecule has 0 bridgehead atoms. The molecule has 0 radical (unpaired) electrons. The molecule has 0 spiro atoms. The highest BCUT2D eigenvalue weighted by Gasteiger charge is 2.18. The number of carbonyl (C=O) groups is 1. The van der Waals surface area contributed by atoms with Crippen LogP contribution in [0.4, 0.5) is 5.69 Å². The molecule has 0 aliphatic carbocycles. The maximum absolute atomic E-state index is 11.9. The third kappa shape index (κ3) is 3.38. The Hall–Kier alpha value is -2.40. The number of ketones is 1. The summed E-state index contributed by atoms with van der Waals surface area (Å²) in [6, 6.07) is 10.6. The number of hydrogen-bond donors (Lipinski definition) is 0. The van der Waals surface area contributed by atoms with Gasteiger partial charge in [0.05, 0.1) is 10.5 Å². The third-order valence-corrected chi connectivity index (χ3v) is 3.08. The first-order valence-corrected chi connectivity index (χ1v) is 6.64. The first kappa shape index (κ1) is 15.0. The molecule has 2 aromatic rings. The molecule has 0 saturated heterocycles. The van der Waals surface area contributed by atoms with Crippen LogP contribution in [0.5, 0.6) is 11.5 Å². The predicted molar refractivity (Wildman–Crippen MR) is 79.2 cm³/mol. The van der Waals surface area contributed by atoms with Crippen molar-refractivity contribution in [2.24, 2.45) is 0 Å². The van der Waals surface area contributed by atoms with E-state index in [-0.39, 0.29) is 29.4 Å². The zero-order chi connectivity index (χ0) is 15.4. The van der Waals surface area contributed by atoms with Gasteiger partial charge in [-0.1, -0.05) is 30.7 Å². The lowest BCUT2D eigenvalue weighted by Gasteiger charge is -2.10. The SMILES string of the molecule is CCC(=O)c1cc(Cl)ccc1Oc1ccccc1[N+](=O)[O-]. The number of nitro benzene ring substituents is 1. The van der Waals surface area contributed by atoms with Gasteiger partial charge in [-0.2, -0.15) is 0 Å². The fourth-order valence-corrected chi connectivity index (χ4v) is 1.98. The average molecular weight is 306 g/mol. The fourth-order valence-electron chi connectivity index (χ4n) is 1.81. The van der Waals surface area contributed by atoms with E-state index in [0.717, 1.165) is 0 Å². The number of hydrogen-bond acceptors (Lipinski definition) is 4. The van der Waals surface area contributed by atoms with Crippen LogP contribution in [0.25, 0.3) is 0 Å². The lowest BCUT2D eigenvalue weighted by Crippen LogP contribution is -2.01. The zero-order valence-corrected chi connectivity index (χ0v) is 12.0. The second kappa shape index (κ2) is 6.37. The number of nitro groups is 1. The molecule has 0 unspecified atom stereocenters. The third-order valence-electron chi connectivity index (χ3n) is 2.84. The van der Waals surface area contributed by atoms with Crippen LogP contribution in [-0.4, -0.2) is 10.7 Å². The van der Waals surface area contributed by atoms with Crippen LogP contribution >= 0.6 is 11.6 Å². The van der Waals surface area contributed by atoms with Gasteiger partial charge in [-0.3, -0.25) is 14.9 Å². The van der Waals surface area contributed by atoms with E-state index in [2.05, 4.69) is 0 Å². The van der Waals surface area contributed by atoms with Gasteiger partial charge in [-0.25, -0.2) is 0 Å². The van der Waals surface area contributed by atoms with Crippen molar-refractivity contribution in [1.29, 1.82) is 0 Å². The topological polar surface area (TPSA) is 69.4 Å². The second-order valence-electron chi connectivity index (χ2n) is 4.24. The minimum atomic E-state index is -0.535. The van der Waals surface area contributed by atoms with Crippen LogP contribution in [0.3, 0.4) is 0 Å². The molecule has 0 amide bonds. The molecule has 0 aromatic heterocycles.